The van der Waals surface area contributed by atoms with E-state index in [1.165, 1.54) is 21.3 Å². The summed E-state index contributed by atoms with van der Waals surface area (Å²) in [5.41, 5.74) is 4.57. The van der Waals surface area contributed by atoms with Gasteiger partial charge < -0.3 is 9.47 Å². The van der Waals surface area contributed by atoms with Crippen LogP contribution in [-0.2, 0) is 6.54 Å². The topological polar surface area (TPSA) is 34.0 Å². The average molecular weight is 441 g/mol. The van der Waals surface area contributed by atoms with E-state index in [1.54, 1.807) is 11.3 Å². The van der Waals surface area contributed by atoms with E-state index >= 15 is 0 Å². The summed E-state index contributed by atoms with van der Waals surface area (Å²) >= 11 is 1.74. The highest BCUT2D eigenvalue weighted by Gasteiger charge is 2.10. The van der Waals surface area contributed by atoms with Gasteiger partial charge in [0.15, 0.2) is 5.82 Å². The van der Waals surface area contributed by atoms with Crippen LogP contribution in [0.1, 0.15) is 20.3 Å². The van der Waals surface area contributed by atoms with Gasteiger partial charge in [0.25, 0.3) is 0 Å². The maximum absolute atomic E-state index is 4.88. The largest absolute Gasteiger partial charge is 0.347 e. The van der Waals surface area contributed by atoms with E-state index in [2.05, 4.69) is 89.1 Å². The molecule has 5 aromatic rings. The summed E-state index contributed by atoms with van der Waals surface area (Å²) in [7, 11) is 0. The van der Waals surface area contributed by atoms with Crippen LogP contribution in [0.25, 0.3) is 42.9 Å². The van der Waals surface area contributed by atoms with Crippen LogP contribution in [0.15, 0.2) is 73.1 Å². The van der Waals surface area contributed by atoms with Crippen molar-refractivity contribution in [2.24, 2.45) is 0 Å². The fraction of sp³-hybridized carbons (Fsp3) is 0.259. The molecule has 0 saturated heterocycles. The van der Waals surface area contributed by atoms with Crippen molar-refractivity contribution in [1.82, 2.24) is 19.4 Å². The number of hydrogen-bond donors (Lipinski definition) is 0. The predicted octanol–water partition coefficient (Wildman–Crippen LogP) is 6.71. The number of aryl methyl sites for hydroxylation is 1. The summed E-state index contributed by atoms with van der Waals surface area (Å²) < 4.78 is 3.48. The number of nitrogens with zero attached hydrogens (tertiary/aromatic N) is 4. The third-order valence-electron chi connectivity index (χ3n) is 6.13. The van der Waals surface area contributed by atoms with Gasteiger partial charge in [-0.3, -0.25) is 0 Å². The Balaban J connectivity index is 1.38. The molecule has 0 N–H and O–H groups in total. The molecule has 32 heavy (non-hydrogen) atoms. The lowest BCUT2D eigenvalue weighted by atomic mass is 10.1. The van der Waals surface area contributed by atoms with E-state index in [1.807, 2.05) is 12.3 Å². The molecule has 0 fully saturated rings. The van der Waals surface area contributed by atoms with Crippen molar-refractivity contribution in [3.05, 3.63) is 73.1 Å². The standard InChI is InChI=1S/C27H28N4S/c1-3-30(4-2)14-8-15-31-16-13-21-17-22(11-12-24(21)31)27-28-19-26-23(29-27)18-25(32-26)20-9-6-5-7-10-20/h5-7,9-13,16-19H,3-4,8,14-15H2,1-2H3. The van der Waals surface area contributed by atoms with Gasteiger partial charge in [-0.15, -0.1) is 11.3 Å². The smallest absolute Gasteiger partial charge is 0.159 e. The Hall–Kier alpha value is -3.02. The Morgan fingerprint density at radius 2 is 1.78 bits per heavy atom. The third kappa shape index (κ3) is 4.18. The summed E-state index contributed by atoms with van der Waals surface area (Å²) in [5, 5.41) is 1.24. The molecule has 0 amide bonds. The van der Waals surface area contributed by atoms with Gasteiger partial charge in [0.2, 0.25) is 0 Å². The second kappa shape index (κ2) is 9.23. The summed E-state index contributed by atoms with van der Waals surface area (Å²) in [6.07, 6.45) is 5.32. The number of fused-ring (bicyclic) bond motifs is 2. The molecule has 0 aliphatic rings. The number of hydrogen-bond acceptors (Lipinski definition) is 4. The molecular formula is C27H28N4S. The molecule has 0 saturated carbocycles. The Kier molecular flexibility index (Phi) is 6.02. The van der Waals surface area contributed by atoms with Crippen LogP contribution in [0.2, 0.25) is 0 Å². The Morgan fingerprint density at radius 1 is 0.938 bits per heavy atom. The van der Waals surface area contributed by atoms with Crippen molar-refractivity contribution in [1.29, 1.82) is 0 Å². The molecule has 3 heterocycles. The van der Waals surface area contributed by atoms with Crippen molar-refractivity contribution in [3.63, 3.8) is 0 Å². The number of aromatic nitrogens is 3. The zero-order chi connectivity index (χ0) is 21.9. The minimum absolute atomic E-state index is 0.783. The van der Waals surface area contributed by atoms with Crippen molar-refractivity contribution in [2.45, 2.75) is 26.8 Å². The highest BCUT2D eigenvalue weighted by molar-refractivity contribution is 7.22. The van der Waals surface area contributed by atoms with Gasteiger partial charge >= 0.3 is 0 Å². The molecule has 0 spiro atoms. The van der Waals surface area contributed by atoms with Crippen LogP contribution in [0.4, 0.5) is 0 Å². The maximum Gasteiger partial charge on any atom is 0.159 e. The zero-order valence-corrected chi connectivity index (χ0v) is 19.5. The molecule has 0 radical (unpaired) electrons. The van der Waals surface area contributed by atoms with Crippen molar-refractivity contribution in [2.75, 3.05) is 19.6 Å². The van der Waals surface area contributed by atoms with Crippen LogP contribution >= 0.6 is 11.3 Å². The minimum Gasteiger partial charge on any atom is -0.347 e. The molecule has 5 heteroatoms. The van der Waals surface area contributed by atoms with Crippen LogP contribution in [0, 0.1) is 0 Å². The summed E-state index contributed by atoms with van der Waals surface area (Å²) in [5.74, 6) is 0.783. The first-order valence-corrected chi connectivity index (χ1v) is 12.2. The van der Waals surface area contributed by atoms with Crippen molar-refractivity contribution < 1.29 is 0 Å². The lowest BCUT2D eigenvalue weighted by molar-refractivity contribution is 0.294. The van der Waals surface area contributed by atoms with Gasteiger partial charge in [-0.1, -0.05) is 44.2 Å². The fourth-order valence-electron chi connectivity index (χ4n) is 4.26. The van der Waals surface area contributed by atoms with E-state index in [9.17, 15) is 0 Å². The highest BCUT2D eigenvalue weighted by Crippen LogP contribution is 2.33. The van der Waals surface area contributed by atoms with Crippen LogP contribution in [0.3, 0.4) is 0 Å². The highest BCUT2D eigenvalue weighted by atomic mass is 32.1. The van der Waals surface area contributed by atoms with E-state index in [4.69, 9.17) is 4.98 Å². The number of thiophene rings is 1. The lowest BCUT2D eigenvalue weighted by Gasteiger charge is -2.18. The first kappa shape index (κ1) is 20.9. The van der Waals surface area contributed by atoms with Gasteiger partial charge in [0, 0.05) is 40.3 Å². The Labute approximate surface area is 193 Å². The van der Waals surface area contributed by atoms with Gasteiger partial charge in [0.1, 0.15) is 0 Å². The van der Waals surface area contributed by atoms with Crippen LogP contribution < -0.4 is 0 Å². The molecule has 0 atom stereocenters. The molecule has 162 valence electrons. The normalized spacial score (nSPS) is 11.7. The van der Waals surface area contributed by atoms with Crippen molar-refractivity contribution in [3.8, 4) is 21.8 Å². The van der Waals surface area contributed by atoms with Crippen molar-refractivity contribution >= 4 is 32.5 Å². The number of rotatable bonds is 8. The summed E-state index contributed by atoms with van der Waals surface area (Å²) in [6.45, 7) is 8.88. The van der Waals surface area contributed by atoms with Gasteiger partial charge in [-0.25, -0.2) is 9.97 Å². The predicted molar refractivity (Wildman–Crippen MR) is 136 cm³/mol. The van der Waals surface area contributed by atoms with Gasteiger partial charge in [-0.05, 0) is 62.0 Å². The lowest BCUT2D eigenvalue weighted by Crippen LogP contribution is -2.24. The minimum atomic E-state index is 0.783. The molecule has 0 aliphatic carbocycles. The molecule has 2 aromatic carbocycles. The molecule has 3 aromatic heterocycles. The van der Waals surface area contributed by atoms with E-state index in [0.29, 0.717) is 0 Å². The third-order valence-corrected chi connectivity index (χ3v) is 7.23. The molecule has 5 rings (SSSR count). The average Bonchev–Trinajstić information content (AvgIpc) is 3.45. The van der Waals surface area contributed by atoms with E-state index in [0.717, 1.165) is 54.2 Å². The van der Waals surface area contributed by atoms with Gasteiger partial charge in [0.05, 0.1) is 10.2 Å². The summed E-state index contributed by atoms with van der Waals surface area (Å²) in [4.78, 5) is 13.3. The second-order valence-electron chi connectivity index (χ2n) is 8.08. The summed E-state index contributed by atoms with van der Waals surface area (Å²) in [6, 6.07) is 21.4. The fourth-order valence-corrected chi connectivity index (χ4v) is 5.24. The van der Waals surface area contributed by atoms with Crippen LogP contribution in [0.5, 0.6) is 0 Å². The van der Waals surface area contributed by atoms with E-state index in [-0.39, 0.29) is 0 Å². The zero-order valence-electron chi connectivity index (χ0n) is 18.7. The second-order valence-corrected chi connectivity index (χ2v) is 9.17. The maximum atomic E-state index is 4.88. The molecular weight excluding hydrogens is 412 g/mol. The Bertz CT molecular complexity index is 1330. The molecule has 0 unspecified atom stereocenters. The SMILES string of the molecule is CCN(CC)CCCn1ccc2cc(-c3ncc4sc(-c5ccccc5)cc4n3)ccc21. The quantitative estimate of drug-likeness (QED) is 0.269. The van der Waals surface area contributed by atoms with E-state index < -0.39 is 0 Å². The first-order chi connectivity index (χ1) is 15.7. The number of benzene rings is 2. The molecule has 4 nitrogen and oxygen atoms in total. The first-order valence-electron chi connectivity index (χ1n) is 11.4. The van der Waals surface area contributed by atoms with Gasteiger partial charge in [-0.2, -0.15) is 0 Å². The molecule has 0 bridgehead atoms. The Morgan fingerprint density at radius 3 is 2.59 bits per heavy atom. The monoisotopic (exact) mass is 440 g/mol. The molecule has 0 aliphatic heterocycles. The van der Waals surface area contributed by atoms with Crippen LogP contribution in [-0.4, -0.2) is 39.1 Å².